The molecule has 0 rings (SSSR count). The molecule has 12 heavy (non-hydrogen) atoms. The van der Waals surface area contributed by atoms with E-state index in [4.69, 9.17) is 0 Å². The third-order valence-electron chi connectivity index (χ3n) is 1.40. The first kappa shape index (κ1) is 11.6. The molecule has 0 amide bonds. The highest BCUT2D eigenvalue weighted by Crippen LogP contribution is 1.90. The zero-order chi connectivity index (χ0) is 9.40. The topological polar surface area (TPSA) is 44.3 Å². The second-order valence-corrected chi connectivity index (χ2v) is 3.00. The van der Waals surface area contributed by atoms with Gasteiger partial charge in [0.25, 0.3) is 0 Å². The Hall–Kier alpha value is -0.380. The summed E-state index contributed by atoms with van der Waals surface area (Å²) in [6, 6.07) is 0. The van der Waals surface area contributed by atoms with Crippen LogP contribution < -0.4 is 10.6 Å². The van der Waals surface area contributed by atoms with Crippen LogP contribution in [0.2, 0.25) is 0 Å². The van der Waals surface area contributed by atoms with Crippen molar-refractivity contribution >= 4 is 0 Å². The molecule has 1 unspecified atom stereocenters. The van der Waals surface area contributed by atoms with Gasteiger partial charge in [-0.15, -0.1) is 0 Å². The van der Waals surface area contributed by atoms with E-state index in [1.165, 1.54) is 0 Å². The zero-order valence-corrected chi connectivity index (χ0v) is 8.22. The summed E-state index contributed by atoms with van der Waals surface area (Å²) in [5.74, 6) is 0. The lowest BCUT2D eigenvalue weighted by molar-refractivity contribution is 0.184. The summed E-state index contributed by atoms with van der Waals surface area (Å²) in [4.78, 5) is 0. The second kappa shape index (κ2) is 7.28. The van der Waals surface area contributed by atoms with Crippen LogP contribution in [0.3, 0.4) is 0 Å². The zero-order valence-electron chi connectivity index (χ0n) is 8.22. The van der Waals surface area contributed by atoms with Crippen molar-refractivity contribution in [2.24, 2.45) is 0 Å². The molecule has 0 saturated heterocycles. The van der Waals surface area contributed by atoms with E-state index in [1.54, 1.807) is 6.08 Å². The maximum Gasteiger partial charge on any atom is 0.124 e. The number of rotatable bonds is 6. The highest BCUT2D eigenvalue weighted by atomic mass is 16.3. The molecule has 0 aromatic carbocycles. The van der Waals surface area contributed by atoms with Gasteiger partial charge in [-0.2, -0.15) is 0 Å². The molecule has 0 aromatic rings. The number of aliphatic hydroxyl groups excluding tert-OH is 1. The van der Waals surface area contributed by atoms with Crippen LogP contribution in [-0.4, -0.2) is 31.0 Å². The summed E-state index contributed by atoms with van der Waals surface area (Å²) < 4.78 is 0. The summed E-state index contributed by atoms with van der Waals surface area (Å²) in [6.45, 7) is 8.65. The Labute approximate surface area is 74.9 Å². The van der Waals surface area contributed by atoms with E-state index in [-0.39, 0.29) is 0 Å². The van der Waals surface area contributed by atoms with Gasteiger partial charge in [-0.05, 0) is 26.5 Å². The predicted octanol–water partition coefficient (Wildman–Crippen LogP) is 0.470. The standard InChI is InChI=1S/C9H20N2O/c1-4-10-5-6-11-9(12)7-8(2)3/h7,9-12H,4-6H2,1-3H3. The fourth-order valence-electron chi connectivity index (χ4n) is 0.860. The summed E-state index contributed by atoms with van der Waals surface area (Å²) >= 11 is 0. The molecule has 0 bridgehead atoms. The fraction of sp³-hybridized carbons (Fsp3) is 0.778. The Morgan fingerprint density at radius 2 is 2.08 bits per heavy atom. The lowest BCUT2D eigenvalue weighted by Gasteiger charge is -2.09. The number of aliphatic hydroxyl groups is 1. The molecular weight excluding hydrogens is 152 g/mol. The van der Waals surface area contributed by atoms with Crippen molar-refractivity contribution in [2.45, 2.75) is 27.0 Å². The van der Waals surface area contributed by atoms with Gasteiger partial charge >= 0.3 is 0 Å². The third kappa shape index (κ3) is 7.72. The van der Waals surface area contributed by atoms with Crippen molar-refractivity contribution in [3.8, 4) is 0 Å². The summed E-state index contributed by atoms with van der Waals surface area (Å²) in [7, 11) is 0. The molecular formula is C9H20N2O. The first-order valence-electron chi connectivity index (χ1n) is 4.44. The van der Waals surface area contributed by atoms with E-state index in [2.05, 4.69) is 17.6 Å². The van der Waals surface area contributed by atoms with E-state index in [0.717, 1.165) is 25.2 Å². The van der Waals surface area contributed by atoms with Gasteiger partial charge in [-0.25, -0.2) is 0 Å². The number of hydrogen-bond donors (Lipinski definition) is 3. The average Bonchev–Trinajstić information content (AvgIpc) is 1.97. The van der Waals surface area contributed by atoms with Crippen LogP contribution in [0.25, 0.3) is 0 Å². The average molecular weight is 172 g/mol. The van der Waals surface area contributed by atoms with Crippen molar-refractivity contribution in [2.75, 3.05) is 19.6 Å². The van der Waals surface area contributed by atoms with Crippen LogP contribution in [0.15, 0.2) is 11.6 Å². The van der Waals surface area contributed by atoms with Crippen molar-refractivity contribution in [3.63, 3.8) is 0 Å². The minimum absolute atomic E-state index is 0.506. The smallest absolute Gasteiger partial charge is 0.124 e. The number of allylic oxidation sites excluding steroid dienone is 1. The molecule has 0 fully saturated rings. The minimum atomic E-state index is -0.506. The molecule has 0 aliphatic carbocycles. The molecule has 72 valence electrons. The molecule has 3 nitrogen and oxygen atoms in total. The van der Waals surface area contributed by atoms with Gasteiger partial charge in [-0.1, -0.05) is 12.5 Å². The lowest BCUT2D eigenvalue weighted by Crippen LogP contribution is -2.33. The maximum atomic E-state index is 9.30. The molecule has 0 aliphatic heterocycles. The molecule has 0 heterocycles. The largest absolute Gasteiger partial charge is 0.375 e. The number of nitrogens with one attached hydrogen (secondary N) is 2. The molecule has 1 atom stereocenters. The quantitative estimate of drug-likeness (QED) is 0.310. The van der Waals surface area contributed by atoms with Gasteiger partial charge in [0.15, 0.2) is 0 Å². The monoisotopic (exact) mass is 172 g/mol. The van der Waals surface area contributed by atoms with Crippen LogP contribution in [0, 0.1) is 0 Å². The van der Waals surface area contributed by atoms with Crippen molar-refractivity contribution < 1.29 is 5.11 Å². The van der Waals surface area contributed by atoms with Crippen LogP contribution in [0.4, 0.5) is 0 Å². The molecule has 0 radical (unpaired) electrons. The predicted molar refractivity (Wildman–Crippen MR) is 52.0 cm³/mol. The Kier molecular flexibility index (Phi) is 7.05. The maximum absolute atomic E-state index is 9.30. The minimum Gasteiger partial charge on any atom is -0.375 e. The molecule has 0 aromatic heterocycles. The van der Waals surface area contributed by atoms with Gasteiger partial charge in [0, 0.05) is 13.1 Å². The van der Waals surface area contributed by atoms with E-state index >= 15 is 0 Å². The number of likely N-dealkylation sites (N-methyl/N-ethyl adjacent to an activating group) is 1. The van der Waals surface area contributed by atoms with Gasteiger partial charge in [-0.3, -0.25) is 5.32 Å². The fourth-order valence-corrected chi connectivity index (χ4v) is 0.860. The van der Waals surface area contributed by atoms with Gasteiger partial charge < -0.3 is 10.4 Å². The second-order valence-electron chi connectivity index (χ2n) is 3.00. The molecule has 0 spiro atoms. The summed E-state index contributed by atoms with van der Waals surface area (Å²) in [6.07, 6.45) is 1.29. The Bertz CT molecular complexity index is 130. The highest BCUT2D eigenvalue weighted by Gasteiger charge is 1.95. The molecule has 3 N–H and O–H groups in total. The van der Waals surface area contributed by atoms with Gasteiger partial charge in [0.2, 0.25) is 0 Å². The van der Waals surface area contributed by atoms with Crippen LogP contribution in [-0.2, 0) is 0 Å². The normalized spacial score (nSPS) is 12.7. The Balaban J connectivity index is 3.32. The highest BCUT2D eigenvalue weighted by molar-refractivity contribution is 4.96. The van der Waals surface area contributed by atoms with E-state index in [1.807, 2.05) is 13.8 Å². The summed E-state index contributed by atoms with van der Waals surface area (Å²) in [5, 5.41) is 15.4. The van der Waals surface area contributed by atoms with Crippen molar-refractivity contribution in [1.82, 2.24) is 10.6 Å². The molecule has 0 saturated carbocycles. The van der Waals surface area contributed by atoms with Crippen LogP contribution >= 0.6 is 0 Å². The van der Waals surface area contributed by atoms with Crippen LogP contribution in [0.5, 0.6) is 0 Å². The van der Waals surface area contributed by atoms with E-state index < -0.39 is 6.23 Å². The Morgan fingerprint density at radius 3 is 2.58 bits per heavy atom. The lowest BCUT2D eigenvalue weighted by atomic mass is 10.3. The van der Waals surface area contributed by atoms with E-state index in [0.29, 0.717) is 0 Å². The number of hydrogen-bond acceptors (Lipinski definition) is 3. The Morgan fingerprint density at radius 1 is 1.42 bits per heavy atom. The van der Waals surface area contributed by atoms with Gasteiger partial charge in [0.05, 0.1) is 0 Å². The molecule has 0 aliphatic rings. The van der Waals surface area contributed by atoms with Crippen molar-refractivity contribution in [3.05, 3.63) is 11.6 Å². The first-order valence-corrected chi connectivity index (χ1v) is 4.44. The SMILES string of the molecule is CCNCCNC(O)C=C(C)C. The van der Waals surface area contributed by atoms with Crippen molar-refractivity contribution in [1.29, 1.82) is 0 Å². The molecule has 3 heteroatoms. The summed E-state index contributed by atoms with van der Waals surface area (Å²) in [5.41, 5.74) is 1.12. The van der Waals surface area contributed by atoms with Crippen LogP contribution in [0.1, 0.15) is 20.8 Å². The van der Waals surface area contributed by atoms with E-state index in [9.17, 15) is 5.11 Å². The third-order valence-corrected chi connectivity index (χ3v) is 1.40. The first-order chi connectivity index (χ1) is 5.66. The van der Waals surface area contributed by atoms with Gasteiger partial charge in [0.1, 0.15) is 6.23 Å².